The van der Waals surface area contributed by atoms with Crippen molar-refractivity contribution in [1.29, 1.82) is 0 Å². The van der Waals surface area contributed by atoms with Gasteiger partial charge < -0.3 is 9.73 Å². The highest BCUT2D eigenvalue weighted by atomic mass is 79.9. The summed E-state index contributed by atoms with van der Waals surface area (Å²) < 4.78 is 7.01. The first-order valence-corrected chi connectivity index (χ1v) is 8.22. The molecule has 1 amide bonds. The molecule has 1 aromatic carbocycles. The zero-order valence-corrected chi connectivity index (χ0v) is 14.3. The molecule has 1 fully saturated rings. The zero-order valence-electron chi connectivity index (χ0n) is 10.4. The van der Waals surface area contributed by atoms with Crippen molar-refractivity contribution in [3.05, 3.63) is 50.5 Å². The molecule has 3 nitrogen and oxygen atoms in total. The Balaban J connectivity index is 1.90. The Morgan fingerprint density at radius 3 is 2.81 bits per heavy atom. The number of hydrogen-bond acceptors (Lipinski definition) is 4. The second-order valence-corrected chi connectivity index (χ2v) is 7.16. The quantitative estimate of drug-likeness (QED) is 0.578. The van der Waals surface area contributed by atoms with Gasteiger partial charge in [0, 0.05) is 16.1 Å². The molecule has 1 aliphatic rings. The molecule has 1 saturated heterocycles. The van der Waals surface area contributed by atoms with Gasteiger partial charge in [0.05, 0.1) is 9.93 Å². The van der Waals surface area contributed by atoms with Crippen molar-refractivity contribution < 1.29 is 9.21 Å². The Hall–Kier alpha value is -1.08. The van der Waals surface area contributed by atoms with E-state index in [2.05, 4.69) is 21.2 Å². The van der Waals surface area contributed by atoms with Gasteiger partial charge in [-0.25, -0.2) is 0 Å². The highest BCUT2D eigenvalue weighted by Gasteiger charge is 2.22. The predicted molar refractivity (Wildman–Crippen MR) is 93.2 cm³/mol. The normalized spacial score (nSPS) is 16.6. The van der Waals surface area contributed by atoms with Gasteiger partial charge in [-0.1, -0.05) is 41.6 Å². The molecule has 0 unspecified atom stereocenters. The van der Waals surface area contributed by atoms with Crippen LogP contribution in [0.25, 0.3) is 17.4 Å². The molecule has 7 heteroatoms. The third-order valence-electron chi connectivity index (χ3n) is 2.75. The minimum absolute atomic E-state index is 0.199. The van der Waals surface area contributed by atoms with Gasteiger partial charge in [0.2, 0.25) is 0 Å². The first-order valence-electron chi connectivity index (χ1n) is 5.83. The van der Waals surface area contributed by atoms with Crippen LogP contribution in [0, 0.1) is 0 Å². The number of furan rings is 1. The fourth-order valence-electron chi connectivity index (χ4n) is 1.79. The Morgan fingerprint density at radius 2 is 2.14 bits per heavy atom. The SMILES string of the molecule is O=C1NC(=S)S/C1=C\c1ccc(-c2ccc(Br)c(Cl)c2)o1. The Bertz CT molecular complexity index is 785. The van der Waals surface area contributed by atoms with E-state index in [1.54, 1.807) is 12.1 Å². The van der Waals surface area contributed by atoms with Crippen molar-refractivity contribution in [3.8, 4) is 11.3 Å². The van der Waals surface area contributed by atoms with Gasteiger partial charge in [-0.3, -0.25) is 4.79 Å². The Labute approximate surface area is 143 Å². The number of carbonyl (C=O) groups is 1. The van der Waals surface area contributed by atoms with Crippen LogP contribution in [0.5, 0.6) is 0 Å². The molecule has 0 radical (unpaired) electrons. The van der Waals surface area contributed by atoms with E-state index in [1.165, 1.54) is 11.8 Å². The number of amides is 1. The minimum atomic E-state index is -0.199. The smallest absolute Gasteiger partial charge is 0.263 e. The summed E-state index contributed by atoms with van der Waals surface area (Å²) in [5.41, 5.74) is 0.867. The number of carbonyl (C=O) groups excluding carboxylic acids is 1. The minimum Gasteiger partial charge on any atom is -0.457 e. The van der Waals surface area contributed by atoms with Crippen LogP contribution < -0.4 is 5.32 Å². The lowest BCUT2D eigenvalue weighted by Gasteiger charge is -1.99. The molecule has 0 atom stereocenters. The third-order valence-corrected chi connectivity index (χ3v) is 5.14. The molecule has 0 saturated carbocycles. The number of thioether (sulfide) groups is 1. The Kier molecular flexibility index (Phi) is 4.21. The highest BCUT2D eigenvalue weighted by molar-refractivity contribution is 9.10. The average Bonchev–Trinajstić information content (AvgIpc) is 3.01. The molecule has 1 N–H and O–H groups in total. The van der Waals surface area contributed by atoms with Gasteiger partial charge >= 0.3 is 0 Å². The van der Waals surface area contributed by atoms with E-state index < -0.39 is 0 Å². The van der Waals surface area contributed by atoms with Crippen LogP contribution >= 0.6 is 51.5 Å². The van der Waals surface area contributed by atoms with Crippen LogP contribution in [-0.2, 0) is 4.79 Å². The molecular formula is C14H7BrClNO2S2. The molecule has 106 valence electrons. The maximum Gasteiger partial charge on any atom is 0.263 e. The van der Waals surface area contributed by atoms with Crippen molar-refractivity contribution >= 4 is 67.8 Å². The molecule has 0 aliphatic carbocycles. The molecule has 21 heavy (non-hydrogen) atoms. The van der Waals surface area contributed by atoms with Crippen LogP contribution in [0.3, 0.4) is 0 Å². The molecular weight excluding hydrogens is 394 g/mol. The number of nitrogens with one attached hydrogen (secondary N) is 1. The van der Waals surface area contributed by atoms with Gasteiger partial charge in [0.1, 0.15) is 15.8 Å². The van der Waals surface area contributed by atoms with Crippen LogP contribution in [0.2, 0.25) is 5.02 Å². The average molecular weight is 401 g/mol. The van der Waals surface area contributed by atoms with Gasteiger partial charge in [-0.15, -0.1) is 0 Å². The summed E-state index contributed by atoms with van der Waals surface area (Å²) in [6.07, 6.45) is 1.67. The maximum absolute atomic E-state index is 11.6. The number of hydrogen-bond donors (Lipinski definition) is 1. The van der Waals surface area contributed by atoms with E-state index in [9.17, 15) is 4.79 Å². The number of thiocarbonyl (C=S) groups is 1. The number of rotatable bonds is 2. The number of benzene rings is 1. The van der Waals surface area contributed by atoms with E-state index in [4.69, 9.17) is 28.2 Å². The van der Waals surface area contributed by atoms with Crippen LogP contribution in [0.1, 0.15) is 5.76 Å². The van der Waals surface area contributed by atoms with E-state index in [0.29, 0.717) is 25.8 Å². The summed E-state index contributed by atoms with van der Waals surface area (Å²) in [4.78, 5) is 12.1. The van der Waals surface area contributed by atoms with Crippen molar-refractivity contribution in [2.75, 3.05) is 0 Å². The summed E-state index contributed by atoms with van der Waals surface area (Å²) >= 11 is 15.6. The standard InChI is InChI=1S/C14H7BrClNO2S2/c15-9-3-1-7(5-10(9)16)11-4-2-8(19-11)6-12-13(18)17-14(20)21-12/h1-6H,(H,17,18,20)/b12-6-. The Morgan fingerprint density at radius 1 is 1.33 bits per heavy atom. The maximum atomic E-state index is 11.6. The molecule has 3 rings (SSSR count). The van der Waals surface area contributed by atoms with Gasteiger partial charge in [-0.2, -0.15) is 0 Å². The van der Waals surface area contributed by atoms with Crippen LogP contribution in [0.15, 0.2) is 44.1 Å². The largest absolute Gasteiger partial charge is 0.457 e. The van der Waals surface area contributed by atoms with Crippen LogP contribution in [-0.4, -0.2) is 10.2 Å². The summed E-state index contributed by atoms with van der Waals surface area (Å²) in [6.45, 7) is 0. The molecule has 2 heterocycles. The topological polar surface area (TPSA) is 42.2 Å². The van der Waals surface area contributed by atoms with E-state index in [1.807, 2.05) is 24.3 Å². The molecule has 1 aromatic heterocycles. The molecule has 0 bridgehead atoms. The van der Waals surface area contributed by atoms with E-state index >= 15 is 0 Å². The zero-order chi connectivity index (χ0) is 15.0. The van der Waals surface area contributed by atoms with Crippen molar-refractivity contribution in [2.24, 2.45) is 0 Å². The monoisotopic (exact) mass is 399 g/mol. The highest BCUT2D eigenvalue weighted by Crippen LogP contribution is 2.31. The van der Waals surface area contributed by atoms with Crippen LogP contribution in [0.4, 0.5) is 0 Å². The molecule has 0 spiro atoms. The van der Waals surface area contributed by atoms with Gasteiger partial charge in [-0.05, 0) is 40.2 Å². The van der Waals surface area contributed by atoms with E-state index in [0.717, 1.165) is 10.0 Å². The van der Waals surface area contributed by atoms with Gasteiger partial charge in [0.25, 0.3) is 5.91 Å². The fourth-order valence-corrected chi connectivity index (χ4v) is 3.24. The fraction of sp³-hybridized carbons (Fsp3) is 0. The lowest BCUT2D eigenvalue weighted by atomic mass is 10.2. The van der Waals surface area contributed by atoms with Crippen molar-refractivity contribution in [2.45, 2.75) is 0 Å². The lowest BCUT2D eigenvalue weighted by molar-refractivity contribution is -0.115. The van der Waals surface area contributed by atoms with Gasteiger partial charge in [0.15, 0.2) is 0 Å². The van der Waals surface area contributed by atoms with E-state index in [-0.39, 0.29) is 5.91 Å². The van der Waals surface area contributed by atoms with Crippen molar-refractivity contribution in [3.63, 3.8) is 0 Å². The molecule has 1 aliphatic heterocycles. The summed E-state index contributed by atoms with van der Waals surface area (Å²) in [5, 5.41) is 3.17. The predicted octanol–water partition coefficient (Wildman–Crippen LogP) is 4.85. The third kappa shape index (κ3) is 3.23. The second kappa shape index (κ2) is 5.96. The second-order valence-electron chi connectivity index (χ2n) is 4.18. The number of halogens is 2. The first kappa shape index (κ1) is 14.8. The molecule has 2 aromatic rings. The van der Waals surface area contributed by atoms with Crippen molar-refractivity contribution in [1.82, 2.24) is 5.32 Å². The first-order chi connectivity index (χ1) is 10.0. The summed E-state index contributed by atoms with van der Waals surface area (Å²) in [6, 6.07) is 9.21. The summed E-state index contributed by atoms with van der Waals surface area (Å²) in [7, 11) is 0. The lowest BCUT2D eigenvalue weighted by Crippen LogP contribution is -2.17. The summed E-state index contributed by atoms with van der Waals surface area (Å²) in [5.74, 6) is 1.07.